The summed E-state index contributed by atoms with van der Waals surface area (Å²) in [7, 11) is 0. The molecule has 0 radical (unpaired) electrons. The van der Waals surface area contributed by atoms with Crippen molar-refractivity contribution in [3.8, 4) is 0 Å². The first kappa shape index (κ1) is 95.8. The highest BCUT2D eigenvalue weighted by Crippen LogP contribution is 2.26. The van der Waals surface area contributed by atoms with Crippen molar-refractivity contribution in [1.82, 2.24) is 58.5 Å². The molecule has 12 amide bonds. The lowest BCUT2D eigenvalue weighted by Crippen LogP contribution is -2.64. The number of alkyl halides is 3. The van der Waals surface area contributed by atoms with Crippen LogP contribution in [0.5, 0.6) is 0 Å². The molecule has 15 atom stereocenters. The summed E-state index contributed by atoms with van der Waals surface area (Å²) in [5.74, 6) is -20.6. The van der Waals surface area contributed by atoms with E-state index in [0.717, 1.165) is 6.92 Å². The van der Waals surface area contributed by atoms with Gasteiger partial charge in [-0.25, -0.2) is 14.4 Å². The number of aliphatic carboxylic acids is 1. The largest absolute Gasteiger partial charge is 0.490 e. The summed E-state index contributed by atoms with van der Waals surface area (Å²) in [4.78, 5) is 200. The monoisotopic (exact) mass is 1570 g/mol. The molecular weight excluding hydrogens is 1460 g/mol. The summed E-state index contributed by atoms with van der Waals surface area (Å²) >= 11 is 0. The zero-order valence-electron chi connectivity index (χ0n) is 63.6. The van der Waals surface area contributed by atoms with Gasteiger partial charge in [0.1, 0.15) is 60.0 Å². The Hall–Kier alpha value is -10.3. The number of rotatable bonds is 25. The fraction of sp³-hybridized carbons (Fsp3) is 0.614. The highest BCUT2D eigenvalue weighted by molar-refractivity contribution is 6.00. The predicted octanol–water partition coefficient (Wildman–Crippen LogP) is -2.67. The number of nitrogens with zero attached hydrogens (tertiary/aromatic N) is 1. The molecule has 1 aliphatic heterocycles. The quantitative estimate of drug-likeness (QED) is 0.0209. The first-order valence-electron chi connectivity index (χ1n) is 35.2. The maximum absolute atomic E-state index is 15.7. The molecular formula is C70H108F3N15O22. The predicted molar refractivity (Wildman–Crippen MR) is 386 cm³/mol. The molecule has 110 heavy (non-hydrogen) atoms. The van der Waals surface area contributed by atoms with Crippen LogP contribution in [0.4, 0.5) is 18.0 Å². The topological polar surface area (TPSA) is 591 Å². The third-order valence-electron chi connectivity index (χ3n) is 16.1. The van der Waals surface area contributed by atoms with Gasteiger partial charge in [-0.05, 0) is 87.7 Å². The molecule has 1 heterocycles. The van der Waals surface area contributed by atoms with E-state index in [1.165, 1.54) is 44.2 Å². The van der Waals surface area contributed by atoms with Gasteiger partial charge in [0.2, 0.25) is 65.0 Å². The van der Waals surface area contributed by atoms with E-state index in [0.29, 0.717) is 5.56 Å². The number of nitrogens with two attached hydrogens (primary N) is 3. The van der Waals surface area contributed by atoms with Crippen molar-refractivity contribution in [3.63, 3.8) is 0 Å². The van der Waals surface area contributed by atoms with Crippen molar-refractivity contribution in [2.75, 3.05) is 26.3 Å². The fourth-order valence-corrected chi connectivity index (χ4v) is 10.2. The number of aliphatic hydroxyl groups is 4. The fourth-order valence-electron chi connectivity index (χ4n) is 10.2. The average molecular weight is 1570 g/mol. The lowest BCUT2D eigenvalue weighted by Gasteiger charge is -2.34. The van der Waals surface area contributed by atoms with Gasteiger partial charge in [-0.1, -0.05) is 129 Å². The second kappa shape index (κ2) is 45.0. The molecule has 0 spiro atoms. The molecule has 40 heteroatoms. The third-order valence-corrected chi connectivity index (χ3v) is 16.1. The molecule has 1 aliphatic rings. The Labute approximate surface area is 634 Å². The molecule has 0 aromatic heterocycles. The zero-order valence-corrected chi connectivity index (χ0v) is 63.6. The Balaban J connectivity index is 0.00000557. The van der Waals surface area contributed by atoms with E-state index in [2.05, 4.69) is 52.8 Å². The number of carbonyl (C=O) groups excluding carboxylic acids is 13. The van der Waals surface area contributed by atoms with Crippen LogP contribution in [0.3, 0.4) is 0 Å². The van der Waals surface area contributed by atoms with Gasteiger partial charge < -0.3 is 115 Å². The van der Waals surface area contributed by atoms with Crippen LogP contribution in [0.2, 0.25) is 0 Å². The van der Waals surface area contributed by atoms with Crippen LogP contribution in [0.25, 0.3) is 0 Å². The van der Waals surface area contributed by atoms with Crippen LogP contribution < -0.4 is 75.7 Å². The lowest BCUT2D eigenvalue weighted by molar-refractivity contribution is -0.192. The molecule has 0 saturated carbocycles. The number of alkyl carbamates (subject to hydrolysis) is 1. The smallest absolute Gasteiger partial charge is 0.475 e. The Morgan fingerprint density at radius 3 is 1.69 bits per heavy atom. The molecule has 0 aliphatic carbocycles. The highest BCUT2D eigenvalue weighted by atomic mass is 19.4. The lowest BCUT2D eigenvalue weighted by atomic mass is 9.87. The van der Waals surface area contributed by atoms with E-state index >= 15 is 14.4 Å². The van der Waals surface area contributed by atoms with Gasteiger partial charge in [0.25, 0.3) is 0 Å². The van der Waals surface area contributed by atoms with Gasteiger partial charge in [0, 0.05) is 6.54 Å². The normalized spacial score (nSPS) is 22.4. The number of ether oxygens (including phenoxy) is 3. The number of carboxylic acid groups (broad SMARTS) is 1. The Morgan fingerprint density at radius 1 is 0.655 bits per heavy atom. The Bertz CT molecular complexity index is 3470. The molecule has 2 aromatic carbocycles. The van der Waals surface area contributed by atoms with Crippen molar-refractivity contribution in [2.24, 2.45) is 45.4 Å². The van der Waals surface area contributed by atoms with Gasteiger partial charge in [0.15, 0.2) is 24.2 Å². The van der Waals surface area contributed by atoms with Crippen molar-refractivity contribution in [2.45, 2.75) is 225 Å². The molecule has 616 valence electrons. The van der Waals surface area contributed by atoms with Gasteiger partial charge in [-0.2, -0.15) is 13.2 Å². The number of aliphatic hydroxyl groups excluding tert-OH is 4. The van der Waals surface area contributed by atoms with Gasteiger partial charge in [-0.15, -0.1) is 0 Å². The van der Waals surface area contributed by atoms with Crippen molar-refractivity contribution < 1.29 is 120 Å². The Kier molecular flexibility index (Phi) is 39.2. The first-order chi connectivity index (χ1) is 51.0. The van der Waals surface area contributed by atoms with E-state index in [1.807, 2.05) is 10.6 Å². The average Bonchev–Trinajstić information content (AvgIpc) is 0.808. The van der Waals surface area contributed by atoms with Crippen LogP contribution in [-0.4, -0.2) is 231 Å². The molecule has 37 nitrogen and oxygen atoms in total. The summed E-state index contributed by atoms with van der Waals surface area (Å²) < 4.78 is 49.2. The van der Waals surface area contributed by atoms with Crippen LogP contribution >= 0.6 is 0 Å². The van der Waals surface area contributed by atoms with Crippen molar-refractivity contribution in [3.05, 3.63) is 71.8 Å². The standard InChI is InChI=1S/C68H107N15O20.C2HF3O2/c1-14-36(6)46-60(95)81-47(37(7)85)59(94)73-30-45(86)79-49(52(88)54(69)89)62(97)76-43(31-84)64(99)102-53(39-24-19-16-20-25-39)50(83-58(93)44(33-101-32-38-22-17-15-18-23-38)77-57(92)42(29-67(8,9)10)78-66(100)103-68(11,12)13)63(98)82-48(51(87)35(4)5)61(96)75-41(28-34(2)3)56(91)74-40(55(90)80-46)26-21-27-72-65(70)71;3-2(4,5)1(6)7/h15-20,22-25,34-37,40-44,46-53,84-85,87-88H,14,21,26-33H2,1-13H3,(H2,69,89)(H,73,94)(H,74,91)(H,75,96)(H,76,97)(H,77,92)(H,78,100)(H,79,86)(H,80,90)(H,81,95)(H,82,98)(H,83,93)(H4,70,71,72);(H,6,7)/t36-,37-,40+,41-,42+,43-,44-,46?,47?,48-,49-,50-,51+,52-,53+;/m0./s1. The van der Waals surface area contributed by atoms with Crippen molar-refractivity contribution in [1.29, 1.82) is 0 Å². The molecule has 1 saturated heterocycles. The van der Waals surface area contributed by atoms with Crippen LogP contribution in [0, 0.1) is 23.2 Å². The van der Waals surface area contributed by atoms with E-state index < -0.39 is 223 Å². The number of cyclic esters (lactones) is 1. The van der Waals surface area contributed by atoms with E-state index in [-0.39, 0.29) is 56.8 Å². The van der Waals surface area contributed by atoms with Crippen LogP contribution in [0.1, 0.15) is 139 Å². The molecule has 2 aromatic rings. The number of primary amides is 1. The van der Waals surface area contributed by atoms with Gasteiger partial charge >= 0.3 is 24.2 Å². The number of benzene rings is 2. The Morgan fingerprint density at radius 2 is 1.18 bits per heavy atom. The number of hydrogen-bond donors (Lipinski definition) is 19. The molecule has 22 N–H and O–H groups in total. The summed E-state index contributed by atoms with van der Waals surface area (Å²) in [5, 5.41) is 78.2. The van der Waals surface area contributed by atoms with Gasteiger partial charge in [-0.3, -0.25) is 57.7 Å². The maximum atomic E-state index is 15.7. The number of guanidine groups is 1. The van der Waals surface area contributed by atoms with Crippen LogP contribution in [-0.2, 0) is 83.1 Å². The number of nitrogens with one attached hydrogen (secondary N) is 11. The summed E-state index contributed by atoms with van der Waals surface area (Å²) in [6, 6.07) is -3.58. The number of halogens is 3. The minimum atomic E-state index is -5.08. The number of amides is 12. The molecule has 0 bridgehead atoms. The van der Waals surface area contributed by atoms with Crippen molar-refractivity contribution >= 4 is 89.0 Å². The zero-order chi connectivity index (χ0) is 83.9. The number of carbonyl (C=O) groups is 14. The molecule has 2 unspecified atom stereocenters. The van der Waals surface area contributed by atoms with Crippen LogP contribution in [0.15, 0.2) is 65.7 Å². The van der Waals surface area contributed by atoms with E-state index in [9.17, 15) is 81.5 Å². The molecule has 1 fully saturated rings. The third kappa shape index (κ3) is 34.1. The number of carboxylic acids is 1. The van der Waals surface area contributed by atoms with E-state index in [4.69, 9.17) is 41.3 Å². The first-order valence-corrected chi connectivity index (χ1v) is 35.2. The number of hydrogen-bond acceptors (Lipinski definition) is 22. The highest BCUT2D eigenvalue weighted by Gasteiger charge is 2.45. The SMILES string of the molecule is CC[C@H](C)C1NC(=O)[C@@H](CCCN=C(N)N)NC(=O)[C@H](CC(C)C)NC(=O)[C@H]([C@H](O)C(C)C)NC(=O)[C@@H](NC(=O)[C@H](COCc2ccccc2)NC(=O)[C@@H](CC(C)(C)C)NC(=O)OC(C)(C)C)[C@@H](c2ccccc2)OC(=O)[C@H](CO)NC(=O)[C@H]([C@H](O)C(N)=O)NC(=O)CNC(=O)C([C@H](C)O)NC1=O.O=C(O)C(F)(F)F. The summed E-state index contributed by atoms with van der Waals surface area (Å²) in [6.07, 6.45) is -14.7. The summed E-state index contributed by atoms with van der Waals surface area (Å²) in [5.41, 5.74) is 15.3. The minimum absolute atomic E-state index is 0.0195. The minimum Gasteiger partial charge on any atom is -0.475 e. The number of esters is 1. The second-order valence-corrected chi connectivity index (χ2v) is 29.0. The maximum Gasteiger partial charge on any atom is 0.490 e. The van der Waals surface area contributed by atoms with Gasteiger partial charge in [0.05, 0.1) is 38.6 Å². The summed E-state index contributed by atoms with van der Waals surface area (Å²) in [6.45, 7) is 17.3. The second-order valence-electron chi connectivity index (χ2n) is 29.0. The molecule has 3 rings (SSSR count). The number of aliphatic imine (C=N–C) groups is 1. The van der Waals surface area contributed by atoms with E-state index in [1.54, 1.807) is 99.6 Å².